The molecule has 0 N–H and O–H groups in total. The average molecular weight is 386 g/mol. The molecule has 5 nitrogen and oxygen atoms in total. The molecule has 0 aliphatic carbocycles. The van der Waals surface area contributed by atoms with Gasteiger partial charge in [-0.05, 0) is 55.8 Å². The molecule has 0 bridgehead atoms. The number of rotatable bonds is 5. The van der Waals surface area contributed by atoms with Crippen molar-refractivity contribution in [2.24, 2.45) is 0 Å². The van der Waals surface area contributed by atoms with Crippen LogP contribution in [-0.4, -0.2) is 30.2 Å². The van der Waals surface area contributed by atoms with Crippen LogP contribution >= 0.6 is 11.6 Å². The third kappa shape index (κ3) is 3.69. The van der Waals surface area contributed by atoms with Crippen molar-refractivity contribution in [2.45, 2.75) is 20.3 Å². The highest BCUT2D eigenvalue weighted by molar-refractivity contribution is 6.30. The van der Waals surface area contributed by atoms with Gasteiger partial charge in [-0.2, -0.15) is 0 Å². The lowest BCUT2D eigenvalue weighted by Gasteiger charge is -2.08. The highest BCUT2D eigenvalue weighted by Gasteiger charge is 2.22. The first-order valence-electron chi connectivity index (χ1n) is 8.60. The Bertz CT molecular complexity index is 1010. The van der Waals surface area contributed by atoms with Crippen molar-refractivity contribution in [3.8, 4) is 5.75 Å². The Morgan fingerprint density at radius 1 is 1.11 bits per heavy atom. The molecule has 27 heavy (non-hydrogen) atoms. The first-order valence-corrected chi connectivity index (χ1v) is 8.97. The summed E-state index contributed by atoms with van der Waals surface area (Å²) in [7, 11) is 1.57. The average Bonchev–Trinajstić information content (AvgIpc) is 2.93. The fourth-order valence-corrected chi connectivity index (χ4v) is 3.28. The van der Waals surface area contributed by atoms with Crippen LogP contribution in [-0.2, 0) is 16.0 Å². The quantitative estimate of drug-likeness (QED) is 0.610. The van der Waals surface area contributed by atoms with Crippen LogP contribution in [0, 0.1) is 6.92 Å². The Labute approximate surface area is 162 Å². The van der Waals surface area contributed by atoms with E-state index in [2.05, 4.69) is 0 Å². The molecule has 140 valence electrons. The third-order valence-electron chi connectivity index (χ3n) is 4.46. The molecule has 0 atom stereocenters. The van der Waals surface area contributed by atoms with E-state index in [1.165, 1.54) is 0 Å². The Morgan fingerprint density at radius 3 is 2.44 bits per heavy atom. The number of methoxy groups -OCH3 is 1. The molecule has 0 amide bonds. The predicted octanol–water partition coefficient (Wildman–Crippen LogP) is 4.41. The summed E-state index contributed by atoms with van der Waals surface area (Å²) in [5, 5.41) is 1.38. The van der Waals surface area contributed by atoms with E-state index in [1.54, 1.807) is 48.9 Å². The number of hydrogen-bond donors (Lipinski definition) is 0. The van der Waals surface area contributed by atoms with Crippen LogP contribution in [0.5, 0.6) is 5.75 Å². The van der Waals surface area contributed by atoms with E-state index in [0.29, 0.717) is 34.2 Å². The van der Waals surface area contributed by atoms with Crippen LogP contribution in [0.1, 0.15) is 28.5 Å². The summed E-state index contributed by atoms with van der Waals surface area (Å²) < 4.78 is 12.0. The van der Waals surface area contributed by atoms with Crippen molar-refractivity contribution in [3.05, 3.63) is 64.3 Å². The van der Waals surface area contributed by atoms with Crippen LogP contribution in [0.15, 0.2) is 42.5 Å². The van der Waals surface area contributed by atoms with Gasteiger partial charge in [0.25, 0.3) is 5.91 Å². The van der Waals surface area contributed by atoms with E-state index < -0.39 is 0 Å². The molecule has 0 aliphatic rings. The summed E-state index contributed by atoms with van der Waals surface area (Å²) in [6.45, 7) is 3.91. The molecule has 3 aromatic rings. The fraction of sp³-hybridized carbons (Fsp3) is 0.238. The Hall–Kier alpha value is -2.79. The second-order valence-corrected chi connectivity index (χ2v) is 6.51. The lowest BCUT2D eigenvalue weighted by molar-refractivity contribution is -0.142. The topological polar surface area (TPSA) is 57.5 Å². The van der Waals surface area contributed by atoms with Crippen molar-refractivity contribution in [2.75, 3.05) is 13.7 Å². The third-order valence-corrected chi connectivity index (χ3v) is 4.72. The molecule has 0 saturated carbocycles. The molecular formula is C21H20ClNO4. The maximum Gasteiger partial charge on any atom is 0.310 e. The van der Waals surface area contributed by atoms with E-state index in [-0.39, 0.29) is 18.3 Å². The minimum absolute atomic E-state index is 0.101. The largest absolute Gasteiger partial charge is 0.497 e. The molecule has 1 heterocycles. The van der Waals surface area contributed by atoms with E-state index >= 15 is 0 Å². The van der Waals surface area contributed by atoms with Crippen molar-refractivity contribution in [1.82, 2.24) is 4.57 Å². The maximum atomic E-state index is 13.2. The zero-order chi connectivity index (χ0) is 19.6. The smallest absolute Gasteiger partial charge is 0.310 e. The Balaban J connectivity index is 2.18. The second-order valence-electron chi connectivity index (χ2n) is 6.08. The van der Waals surface area contributed by atoms with Crippen molar-refractivity contribution in [3.63, 3.8) is 0 Å². The van der Waals surface area contributed by atoms with Crippen LogP contribution < -0.4 is 4.74 Å². The number of esters is 1. The predicted molar refractivity (Wildman–Crippen MR) is 105 cm³/mol. The minimum Gasteiger partial charge on any atom is -0.497 e. The number of fused-ring (bicyclic) bond motifs is 1. The summed E-state index contributed by atoms with van der Waals surface area (Å²) in [5.74, 6) is 0.111. The number of ether oxygens (including phenoxy) is 2. The molecule has 0 unspecified atom stereocenters. The van der Waals surface area contributed by atoms with Crippen LogP contribution in [0.3, 0.4) is 0 Å². The molecule has 0 saturated heterocycles. The molecule has 3 rings (SSSR count). The molecule has 0 aliphatic heterocycles. The summed E-state index contributed by atoms with van der Waals surface area (Å²) in [5.41, 5.74) is 2.66. The van der Waals surface area contributed by atoms with Gasteiger partial charge in [-0.15, -0.1) is 0 Å². The molecule has 2 aromatic carbocycles. The van der Waals surface area contributed by atoms with Gasteiger partial charge >= 0.3 is 5.97 Å². The number of benzene rings is 2. The SMILES string of the molecule is CCOC(=O)Cc1c(C)n(C(=O)c2ccc(Cl)cc2)c2cc(OC)ccc12. The molecule has 0 spiro atoms. The van der Waals surface area contributed by atoms with Gasteiger partial charge < -0.3 is 9.47 Å². The van der Waals surface area contributed by atoms with E-state index in [1.807, 2.05) is 19.1 Å². The van der Waals surface area contributed by atoms with Gasteiger partial charge in [0, 0.05) is 27.7 Å². The number of carbonyl (C=O) groups is 2. The van der Waals surface area contributed by atoms with E-state index in [0.717, 1.165) is 10.9 Å². The van der Waals surface area contributed by atoms with Gasteiger partial charge in [-0.1, -0.05) is 11.6 Å². The zero-order valence-electron chi connectivity index (χ0n) is 15.4. The molecule has 0 fully saturated rings. The van der Waals surface area contributed by atoms with Gasteiger partial charge in [-0.3, -0.25) is 14.2 Å². The molecule has 1 aromatic heterocycles. The highest BCUT2D eigenvalue weighted by atomic mass is 35.5. The summed E-state index contributed by atoms with van der Waals surface area (Å²) >= 11 is 5.93. The number of carbonyl (C=O) groups excluding carboxylic acids is 2. The Kier molecular flexibility index (Phi) is 5.51. The van der Waals surface area contributed by atoms with Gasteiger partial charge in [0.15, 0.2) is 0 Å². The van der Waals surface area contributed by atoms with Crippen molar-refractivity contribution >= 4 is 34.4 Å². The van der Waals surface area contributed by atoms with Crippen molar-refractivity contribution in [1.29, 1.82) is 0 Å². The van der Waals surface area contributed by atoms with Gasteiger partial charge in [0.1, 0.15) is 5.75 Å². The van der Waals surface area contributed by atoms with Gasteiger partial charge in [0.05, 0.1) is 25.7 Å². The number of aromatic nitrogens is 1. The molecule has 6 heteroatoms. The van der Waals surface area contributed by atoms with Crippen LogP contribution in [0.2, 0.25) is 5.02 Å². The first kappa shape index (κ1) is 19.0. The number of nitrogens with zero attached hydrogens (tertiary/aromatic N) is 1. The van der Waals surface area contributed by atoms with Gasteiger partial charge in [-0.25, -0.2) is 0 Å². The standard InChI is InChI=1S/C21H20ClNO4/c1-4-27-20(24)12-18-13(2)23(19-11-16(26-3)9-10-17(18)19)21(25)14-5-7-15(22)8-6-14/h5-11H,4,12H2,1-3H3. The molecule has 0 radical (unpaired) electrons. The number of halogens is 1. The van der Waals surface area contributed by atoms with Crippen molar-refractivity contribution < 1.29 is 19.1 Å². The summed E-state index contributed by atoms with van der Waals surface area (Å²) in [4.78, 5) is 25.2. The Morgan fingerprint density at radius 2 is 1.81 bits per heavy atom. The normalized spacial score (nSPS) is 10.8. The zero-order valence-corrected chi connectivity index (χ0v) is 16.2. The van der Waals surface area contributed by atoms with Gasteiger partial charge in [0.2, 0.25) is 0 Å². The summed E-state index contributed by atoms with van der Waals surface area (Å²) in [6, 6.07) is 12.2. The number of hydrogen-bond acceptors (Lipinski definition) is 4. The fourth-order valence-electron chi connectivity index (χ4n) is 3.15. The maximum absolute atomic E-state index is 13.2. The summed E-state index contributed by atoms with van der Waals surface area (Å²) in [6.07, 6.45) is 0.101. The van der Waals surface area contributed by atoms with E-state index in [9.17, 15) is 9.59 Å². The highest BCUT2D eigenvalue weighted by Crippen LogP contribution is 2.30. The van der Waals surface area contributed by atoms with Crippen LogP contribution in [0.4, 0.5) is 0 Å². The van der Waals surface area contributed by atoms with Crippen LogP contribution in [0.25, 0.3) is 10.9 Å². The monoisotopic (exact) mass is 385 g/mol. The first-order chi connectivity index (χ1) is 13.0. The lowest BCUT2D eigenvalue weighted by Crippen LogP contribution is -2.14. The molecular weight excluding hydrogens is 366 g/mol. The minimum atomic E-state index is -0.325. The lowest BCUT2D eigenvalue weighted by atomic mass is 10.1. The second kappa shape index (κ2) is 7.84. The van der Waals surface area contributed by atoms with E-state index in [4.69, 9.17) is 21.1 Å².